The van der Waals surface area contributed by atoms with Gasteiger partial charge in [0.15, 0.2) is 0 Å². The molecule has 0 fully saturated rings. The van der Waals surface area contributed by atoms with Gasteiger partial charge in [0, 0.05) is 13.1 Å². The molecule has 1 heterocycles. The van der Waals surface area contributed by atoms with Crippen molar-refractivity contribution in [1.82, 2.24) is 15.6 Å². The Morgan fingerprint density at radius 2 is 2.00 bits per heavy atom. The molecule has 17 heavy (non-hydrogen) atoms. The summed E-state index contributed by atoms with van der Waals surface area (Å²) in [5.41, 5.74) is 10.9. The second kappa shape index (κ2) is 5.90. The highest BCUT2D eigenvalue weighted by molar-refractivity contribution is 6.29. The van der Waals surface area contributed by atoms with Gasteiger partial charge in [0.1, 0.15) is 5.15 Å². The van der Waals surface area contributed by atoms with Crippen molar-refractivity contribution in [3.05, 3.63) is 23.0 Å². The Morgan fingerprint density at radius 1 is 1.35 bits per heavy atom. The lowest BCUT2D eigenvalue weighted by molar-refractivity contribution is 0.0954. The number of pyridine rings is 1. The van der Waals surface area contributed by atoms with E-state index in [0.29, 0.717) is 0 Å². The van der Waals surface area contributed by atoms with Gasteiger partial charge in [0.2, 0.25) is 0 Å². The van der Waals surface area contributed by atoms with Crippen molar-refractivity contribution in [3.8, 4) is 0 Å². The van der Waals surface area contributed by atoms with Crippen molar-refractivity contribution in [2.45, 2.75) is 0 Å². The Kier molecular flexibility index (Phi) is 4.53. The topological polar surface area (TPSA) is 123 Å². The number of carbonyl (C=O) groups excluding carboxylic acids is 2. The summed E-state index contributed by atoms with van der Waals surface area (Å²) < 4.78 is 0. The Balaban J connectivity index is 2.52. The first-order chi connectivity index (χ1) is 8.00. The van der Waals surface area contributed by atoms with Crippen LogP contribution in [-0.4, -0.2) is 30.0 Å². The third kappa shape index (κ3) is 4.15. The van der Waals surface area contributed by atoms with Crippen LogP contribution >= 0.6 is 11.6 Å². The van der Waals surface area contributed by atoms with E-state index in [4.69, 9.17) is 23.1 Å². The molecule has 3 amide bonds. The number of primary amides is 1. The van der Waals surface area contributed by atoms with Crippen LogP contribution in [0.4, 0.5) is 10.5 Å². The molecule has 0 unspecified atom stereocenters. The predicted octanol–water partition coefficient (Wildman–Crippen LogP) is -0.285. The summed E-state index contributed by atoms with van der Waals surface area (Å²) in [6.07, 6.45) is 1.30. The van der Waals surface area contributed by atoms with Gasteiger partial charge in [-0.05, 0) is 6.07 Å². The highest BCUT2D eigenvalue weighted by Crippen LogP contribution is 2.14. The SMILES string of the molecule is NC(=O)NCCNC(=O)c1cc(Cl)ncc1N. The number of nitrogens with one attached hydrogen (secondary N) is 2. The second-order valence-corrected chi connectivity index (χ2v) is 3.53. The van der Waals surface area contributed by atoms with Gasteiger partial charge in [-0.25, -0.2) is 9.78 Å². The summed E-state index contributed by atoms with van der Waals surface area (Å²) in [5, 5.41) is 5.06. The Hall–Kier alpha value is -2.02. The molecular weight excluding hydrogens is 246 g/mol. The van der Waals surface area contributed by atoms with Crippen LogP contribution in [0.1, 0.15) is 10.4 Å². The maximum Gasteiger partial charge on any atom is 0.312 e. The van der Waals surface area contributed by atoms with Gasteiger partial charge >= 0.3 is 6.03 Å². The maximum atomic E-state index is 11.6. The number of carbonyl (C=O) groups is 2. The average molecular weight is 258 g/mol. The zero-order valence-electron chi connectivity index (χ0n) is 8.87. The van der Waals surface area contributed by atoms with Crippen molar-refractivity contribution in [1.29, 1.82) is 0 Å². The summed E-state index contributed by atoms with van der Waals surface area (Å²) in [6.45, 7) is 0.473. The van der Waals surface area contributed by atoms with E-state index in [1.807, 2.05) is 0 Å². The standard InChI is InChI=1S/C9H12ClN5O2/c10-7-3-5(6(11)4-15-7)8(16)13-1-2-14-9(12)17/h3-4H,1-2,11H2,(H,13,16)(H3,12,14,17). The molecule has 7 nitrogen and oxygen atoms in total. The van der Waals surface area contributed by atoms with E-state index in [2.05, 4.69) is 15.6 Å². The van der Waals surface area contributed by atoms with Crippen LogP contribution in [0.2, 0.25) is 5.15 Å². The number of hydrogen-bond acceptors (Lipinski definition) is 4. The van der Waals surface area contributed by atoms with Gasteiger partial charge < -0.3 is 22.1 Å². The van der Waals surface area contributed by atoms with Gasteiger partial charge in [0.25, 0.3) is 5.91 Å². The number of anilines is 1. The fourth-order valence-corrected chi connectivity index (χ4v) is 1.25. The minimum absolute atomic E-state index is 0.180. The number of aromatic nitrogens is 1. The molecule has 1 aromatic heterocycles. The lowest BCUT2D eigenvalue weighted by Crippen LogP contribution is -2.37. The first-order valence-corrected chi connectivity index (χ1v) is 5.11. The molecule has 0 saturated heterocycles. The first kappa shape index (κ1) is 13.0. The number of amides is 3. The van der Waals surface area contributed by atoms with Gasteiger partial charge in [-0.2, -0.15) is 0 Å². The van der Waals surface area contributed by atoms with Gasteiger partial charge in [0.05, 0.1) is 17.4 Å². The van der Waals surface area contributed by atoms with E-state index in [9.17, 15) is 9.59 Å². The van der Waals surface area contributed by atoms with E-state index < -0.39 is 11.9 Å². The smallest absolute Gasteiger partial charge is 0.312 e. The van der Waals surface area contributed by atoms with E-state index in [1.165, 1.54) is 12.3 Å². The molecule has 0 aliphatic rings. The lowest BCUT2D eigenvalue weighted by Gasteiger charge is -2.07. The molecular formula is C9H12ClN5O2. The molecule has 0 spiro atoms. The number of nitrogen functional groups attached to an aromatic ring is 1. The zero-order chi connectivity index (χ0) is 12.8. The van der Waals surface area contributed by atoms with Crippen molar-refractivity contribution < 1.29 is 9.59 Å². The molecule has 8 heteroatoms. The number of nitrogens with two attached hydrogens (primary N) is 2. The van der Waals surface area contributed by atoms with E-state index in [0.717, 1.165) is 0 Å². The predicted molar refractivity (Wildman–Crippen MR) is 63.6 cm³/mol. The number of nitrogens with zero attached hydrogens (tertiary/aromatic N) is 1. The monoisotopic (exact) mass is 257 g/mol. The van der Waals surface area contributed by atoms with E-state index >= 15 is 0 Å². The number of halogens is 1. The quantitative estimate of drug-likeness (QED) is 0.437. The zero-order valence-corrected chi connectivity index (χ0v) is 9.62. The minimum Gasteiger partial charge on any atom is -0.397 e. The van der Waals surface area contributed by atoms with Crippen molar-refractivity contribution in [2.75, 3.05) is 18.8 Å². The van der Waals surface area contributed by atoms with Crippen molar-refractivity contribution in [2.24, 2.45) is 5.73 Å². The lowest BCUT2D eigenvalue weighted by atomic mass is 10.2. The van der Waals surface area contributed by atoms with E-state index in [-0.39, 0.29) is 29.5 Å². The summed E-state index contributed by atoms with van der Waals surface area (Å²) in [4.78, 5) is 25.7. The third-order valence-corrected chi connectivity index (χ3v) is 2.06. The molecule has 92 valence electrons. The van der Waals surface area contributed by atoms with Crippen LogP contribution in [0.3, 0.4) is 0 Å². The molecule has 0 saturated carbocycles. The minimum atomic E-state index is -0.647. The van der Waals surface area contributed by atoms with Gasteiger partial charge in [-0.1, -0.05) is 11.6 Å². The Labute approximate surface area is 103 Å². The van der Waals surface area contributed by atoms with E-state index in [1.54, 1.807) is 0 Å². The molecule has 0 aliphatic carbocycles. The normalized spacial score (nSPS) is 9.71. The fraction of sp³-hybridized carbons (Fsp3) is 0.222. The highest BCUT2D eigenvalue weighted by Gasteiger charge is 2.10. The van der Waals surface area contributed by atoms with Crippen LogP contribution in [0, 0.1) is 0 Å². The summed E-state index contributed by atoms with van der Waals surface area (Å²) in [6, 6.07) is 0.721. The van der Waals surface area contributed by atoms with Crippen molar-refractivity contribution >= 4 is 29.2 Å². The first-order valence-electron chi connectivity index (χ1n) is 4.73. The molecule has 0 aromatic carbocycles. The number of rotatable bonds is 4. The van der Waals surface area contributed by atoms with Crippen LogP contribution in [-0.2, 0) is 0 Å². The third-order valence-electron chi connectivity index (χ3n) is 1.86. The molecule has 0 radical (unpaired) electrons. The Bertz CT molecular complexity index is 437. The van der Waals surface area contributed by atoms with Crippen LogP contribution in [0.25, 0.3) is 0 Å². The van der Waals surface area contributed by atoms with Crippen LogP contribution in [0.15, 0.2) is 12.3 Å². The molecule has 1 aromatic rings. The summed E-state index contributed by atoms with van der Waals surface area (Å²) in [5.74, 6) is -0.391. The van der Waals surface area contributed by atoms with Crippen LogP contribution < -0.4 is 22.1 Å². The average Bonchev–Trinajstić information content (AvgIpc) is 2.27. The number of urea groups is 1. The molecule has 0 aliphatic heterocycles. The number of hydrogen-bond donors (Lipinski definition) is 4. The summed E-state index contributed by atoms with van der Waals surface area (Å²) in [7, 11) is 0. The van der Waals surface area contributed by atoms with Crippen LogP contribution in [0.5, 0.6) is 0 Å². The van der Waals surface area contributed by atoms with Gasteiger partial charge in [-0.15, -0.1) is 0 Å². The highest BCUT2D eigenvalue weighted by atomic mass is 35.5. The Morgan fingerprint density at radius 3 is 2.65 bits per heavy atom. The molecule has 0 atom stereocenters. The molecule has 1 rings (SSSR count). The molecule has 0 bridgehead atoms. The second-order valence-electron chi connectivity index (χ2n) is 3.14. The summed E-state index contributed by atoms with van der Waals surface area (Å²) >= 11 is 5.64. The van der Waals surface area contributed by atoms with Crippen molar-refractivity contribution in [3.63, 3.8) is 0 Å². The maximum absolute atomic E-state index is 11.6. The van der Waals surface area contributed by atoms with Gasteiger partial charge in [-0.3, -0.25) is 4.79 Å². The molecule has 6 N–H and O–H groups in total. The fourth-order valence-electron chi connectivity index (χ4n) is 1.09. The largest absolute Gasteiger partial charge is 0.397 e.